The maximum atomic E-state index is 14.3. The molecule has 1 aliphatic rings. The van der Waals surface area contributed by atoms with Crippen LogP contribution in [-0.2, 0) is 17.2 Å². The molecule has 0 N–H and O–H groups in total. The van der Waals surface area contributed by atoms with Crippen molar-refractivity contribution >= 4 is 28.2 Å². The van der Waals surface area contributed by atoms with Gasteiger partial charge in [-0.25, -0.2) is 8.78 Å². The Morgan fingerprint density at radius 1 is 1.36 bits per heavy atom. The van der Waals surface area contributed by atoms with Crippen LogP contribution in [0.5, 0.6) is 11.5 Å². The maximum absolute atomic E-state index is 14.3. The number of hydrogen-bond acceptors (Lipinski definition) is 4. The van der Waals surface area contributed by atoms with Crippen LogP contribution in [0, 0.1) is 17.1 Å². The molecule has 2 unspecified atom stereocenters. The molecule has 0 bridgehead atoms. The Labute approximate surface area is 149 Å². The summed E-state index contributed by atoms with van der Waals surface area (Å²) in [6, 6.07) is 7.99. The fourth-order valence-corrected chi connectivity index (χ4v) is 3.66. The van der Waals surface area contributed by atoms with Gasteiger partial charge in [-0.05, 0) is 24.3 Å². The van der Waals surface area contributed by atoms with Crippen molar-refractivity contribution in [3.8, 4) is 17.6 Å². The molecule has 0 aliphatic heterocycles. The maximum Gasteiger partial charge on any atom is 0.250 e. The summed E-state index contributed by atoms with van der Waals surface area (Å²) in [7, 11) is -1.53. The van der Waals surface area contributed by atoms with Crippen molar-refractivity contribution in [1.29, 1.82) is 5.26 Å². The lowest BCUT2D eigenvalue weighted by atomic mass is 10.1. The van der Waals surface area contributed by atoms with Crippen molar-refractivity contribution in [2.24, 2.45) is 0 Å². The predicted octanol–water partition coefficient (Wildman–Crippen LogP) is 3.87. The highest BCUT2D eigenvalue weighted by molar-refractivity contribution is 7.84. The highest BCUT2D eigenvalue weighted by Gasteiger charge is 2.47. The van der Waals surface area contributed by atoms with Crippen LogP contribution < -0.4 is 4.74 Å². The van der Waals surface area contributed by atoms with Crippen LogP contribution in [-0.4, -0.2) is 21.4 Å². The fourth-order valence-electron chi connectivity index (χ4n) is 2.67. The second kappa shape index (κ2) is 6.21. The highest BCUT2D eigenvalue weighted by atomic mass is 35.5. The van der Waals surface area contributed by atoms with Crippen molar-refractivity contribution in [2.45, 2.75) is 16.4 Å². The summed E-state index contributed by atoms with van der Waals surface area (Å²) >= 11 is 5.63. The second-order valence-corrected chi connectivity index (χ2v) is 7.42. The number of carbonyl (C=O) groups is 1. The molecule has 0 amide bonds. The van der Waals surface area contributed by atoms with E-state index in [0.717, 1.165) is 12.1 Å². The lowest BCUT2D eigenvalue weighted by Gasteiger charge is -2.12. The number of fused-ring (bicyclic) bond motifs is 1. The zero-order valence-electron chi connectivity index (χ0n) is 12.8. The van der Waals surface area contributed by atoms with E-state index in [9.17, 15) is 17.8 Å². The molecule has 2 aromatic rings. The van der Waals surface area contributed by atoms with E-state index in [4.69, 9.17) is 21.6 Å². The number of nitrogens with zero attached hydrogens (tertiary/aromatic N) is 1. The van der Waals surface area contributed by atoms with Crippen LogP contribution in [0.2, 0.25) is 0 Å². The molecular formula is C17H10ClF2NO3S. The highest BCUT2D eigenvalue weighted by Crippen LogP contribution is 2.44. The largest absolute Gasteiger partial charge is 0.457 e. The van der Waals surface area contributed by atoms with E-state index in [-0.39, 0.29) is 33.1 Å². The van der Waals surface area contributed by atoms with Crippen LogP contribution in [0.4, 0.5) is 8.78 Å². The van der Waals surface area contributed by atoms with E-state index in [2.05, 4.69) is 0 Å². The molecule has 0 saturated heterocycles. The number of Topliss-reactive ketones (excluding diaryl/α,β-unsaturated/α-hetero) is 1. The van der Waals surface area contributed by atoms with Crippen LogP contribution in [0.25, 0.3) is 0 Å². The third-order valence-electron chi connectivity index (χ3n) is 3.73. The first-order chi connectivity index (χ1) is 11.7. The Bertz CT molecular complexity index is 969. The first kappa shape index (κ1) is 17.5. The lowest BCUT2D eigenvalue weighted by Crippen LogP contribution is -2.22. The Balaban J connectivity index is 2.12. The van der Waals surface area contributed by atoms with E-state index in [0.29, 0.717) is 0 Å². The zero-order chi connectivity index (χ0) is 18.4. The zero-order valence-corrected chi connectivity index (χ0v) is 14.4. The first-order valence-electron chi connectivity index (χ1n) is 7.03. The topological polar surface area (TPSA) is 67.2 Å². The Kier molecular flexibility index (Phi) is 4.35. The summed E-state index contributed by atoms with van der Waals surface area (Å²) in [6.45, 7) is 0. The summed E-state index contributed by atoms with van der Waals surface area (Å²) in [6.07, 6.45) is 0.908. The van der Waals surface area contributed by atoms with Crippen LogP contribution in [0.3, 0.4) is 0 Å². The molecule has 1 aliphatic carbocycles. The number of alkyl halides is 2. The molecule has 0 radical (unpaired) electrons. The number of benzene rings is 2. The van der Waals surface area contributed by atoms with Crippen LogP contribution in [0.15, 0.2) is 35.2 Å². The number of halogens is 3. The van der Waals surface area contributed by atoms with Gasteiger partial charge in [-0.1, -0.05) is 11.6 Å². The van der Waals surface area contributed by atoms with Gasteiger partial charge < -0.3 is 4.74 Å². The monoisotopic (exact) mass is 381 g/mol. The summed E-state index contributed by atoms with van der Waals surface area (Å²) in [5, 5.41) is 6.25. The Hall–Kier alpha value is -2.30. The number of ketones is 1. The number of carbonyl (C=O) groups excluding carboxylic acids is 1. The average Bonchev–Trinajstić information content (AvgIpc) is 2.78. The number of rotatable bonds is 3. The molecule has 3 rings (SSSR count). The minimum Gasteiger partial charge on any atom is -0.457 e. The molecule has 2 atom stereocenters. The van der Waals surface area contributed by atoms with E-state index in [1.54, 1.807) is 6.07 Å². The number of nitriles is 1. The third kappa shape index (κ3) is 3.15. The molecule has 25 heavy (non-hydrogen) atoms. The summed E-state index contributed by atoms with van der Waals surface area (Å²) < 4.78 is 45.2. The average molecular weight is 382 g/mol. The predicted molar refractivity (Wildman–Crippen MR) is 87.7 cm³/mol. The molecule has 128 valence electrons. The van der Waals surface area contributed by atoms with Crippen molar-refractivity contribution in [1.82, 2.24) is 0 Å². The molecule has 2 aromatic carbocycles. The Morgan fingerprint density at radius 3 is 2.72 bits per heavy atom. The number of ether oxygens (including phenoxy) is 1. The van der Waals surface area contributed by atoms with Gasteiger partial charge in [-0.3, -0.25) is 9.00 Å². The van der Waals surface area contributed by atoms with Crippen LogP contribution >= 0.6 is 11.6 Å². The SMILES string of the molecule is CS(=O)c1ccc(Oc2cc(F)cc(C#N)c2)c2c1C(=O)C(F)(Cl)C2. The molecule has 0 saturated carbocycles. The van der Waals surface area contributed by atoms with E-state index < -0.39 is 33.9 Å². The van der Waals surface area contributed by atoms with E-state index in [1.807, 2.05) is 0 Å². The standard InChI is InChI=1S/C17H10ClF2NO3S/c1-25(23)14-3-2-13(12-7-17(18,20)16(22)15(12)14)24-11-5-9(8-21)4-10(19)6-11/h2-6H,7H2,1H3. The second-order valence-electron chi connectivity index (χ2n) is 5.47. The van der Waals surface area contributed by atoms with Gasteiger partial charge in [0.2, 0.25) is 10.9 Å². The summed E-state index contributed by atoms with van der Waals surface area (Å²) in [4.78, 5) is 12.4. The van der Waals surface area contributed by atoms with Gasteiger partial charge in [-0.2, -0.15) is 5.26 Å². The number of hydrogen-bond donors (Lipinski definition) is 0. The van der Waals surface area contributed by atoms with Crippen molar-refractivity contribution in [3.05, 3.63) is 52.8 Å². The lowest BCUT2D eigenvalue weighted by molar-refractivity contribution is 0.0852. The summed E-state index contributed by atoms with van der Waals surface area (Å²) in [5.74, 6) is -1.54. The van der Waals surface area contributed by atoms with Gasteiger partial charge in [0, 0.05) is 29.9 Å². The summed E-state index contributed by atoms with van der Waals surface area (Å²) in [5.41, 5.74) is 0.136. The third-order valence-corrected chi connectivity index (χ3v) is 4.99. The van der Waals surface area contributed by atoms with Crippen molar-refractivity contribution < 1.29 is 22.5 Å². The molecular weight excluding hydrogens is 372 g/mol. The van der Waals surface area contributed by atoms with E-state index >= 15 is 0 Å². The molecule has 0 fully saturated rings. The van der Waals surface area contributed by atoms with Gasteiger partial charge in [0.1, 0.15) is 17.3 Å². The molecule has 8 heteroatoms. The molecule has 0 aromatic heterocycles. The van der Waals surface area contributed by atoms with Crippen molar-refractivity contribution in [3.63, 3.8) is 0 Å². The first-order valence-corrected chi connectivity index (χ1v) is 8.97. The minimum atomic E-state index is -2.64. The van der Waals surface area contributed by atoms with Gasteiger partial charge in [0.05, 0.1) is 27.3 Å². The normalized spacial score (nSPS) is 20.0. The van der Waals surface area contributed by atoms with E-state index in [1.165, 1.54) is 24.5 Å². The van der Waals surface area contributed by atoms with Crippen molar-refractivity contribution in [2.75, 3.05) is 6.26 Å². The fraction of sp³-hybridized carbons (Fsp3) is 0.176. The van der Waals surface area contributed by atoms with Gasteiger partial charge in [-0.15, -0.1) is 0 Å². The van der Waals surface area contributed by atoms with Gasteiger partial charge in [0.25, 0.3) is 0 Å². The quantitative estimate of drug-likeness (QED) is 0.757. The Morgan fingerprint density at radius 2 is 2.08 bits per heavy atom. The molecule has 0 spiro atoms. The minimum absolute atomic E-state index is 0.0162. The van der Waals surface area contributed by atoms with Gasteiger partial charge in [0.15, 0.2) is 0 Å². The molecule has 0 heterocycles. The van der Waals surface area contributed by atoms with Gasteiger partial charge >= 0.3 is 0 Å². The smallest absolute Gasteiger partial charge is 0.250 e. The van der Waals surface area contributed by atoms with Crippen LogP contribution in [0.1, 0.15) is 21.5 Å². The molecule has 4 nitrogen and oxygen atoms in total.